The van der Waals surface area contributed by atoms with Gasteiger partial charge in [-0.3, -0.25) is 10.1 Å². The minimum absolute atomic E-state index is 0.0104. The van der Waals surface area contributed by atoms with Crippen LogP contribution in [-0.4, -0.2) is 49.8 Å². The Morgan fingerprint density at radius 1 is 1.55 bits per heavy atom. The van der Waals surface area contributed by atoms with E-state index in [2.05, 4.69) is 5.32 Å². The predicted molar refractivity (Wildman–Crippen MR) is 83.3 cm³/mol. The molecule has 0 radical (unpaired) electrons. The molecular weight excluding hydrogens is 322 g/mol. The second-order valence-corrected chi connectivity index (χ2v) is 8.20. The standard InChI is InChI=1S/C10H17N3O4S3/c1-4-11-10-8(13(14)15)7-9(19-10)20(16,17)12(2)5-6-18-3/h7,11H,4-6H2,1-3H3. The fraction of sp³-hybridized carbons (Fsp3) is 0.600. The van der Waals surface area contributed by atoms with E-state index < -0.39 is 14.9 Å². The van der Waals surface area contributed by atoms with Gasteiger partial charge in [-0.2, -0.15) is 16.1 Å². The second kappa shape index (κ2) is 7.25. The minimum Gasteiger partial charge on any atom is -0.372 e. The van der Waals surface area contributed by atoms with Gasteiger partial charge in [-0.25, -0.2) is 8.42 Å². The third-order valence-corrected chi connectivity index (χ3v) is 6.48. The fourth-order valence-corrected chi connectivity index (χ4v) is 4.75. The Bertz CT molecular complexity index is 570. The van der Waals surface area contributed by atoms with Crippen LogP contribution >= 0.6 is 23.1 Å². The summed E-state index contributed by atoms with van der Waals surface area (Å²) in [6.45, 7) is 2.65. The third kappa shape index (κ3) is 3.84. The van der Waals surface area contributed by atoms with E-state index in [0.717, 1.165) is 17.4 Å². The van der Waals surface area contributed by atoms with Gasteiger partial charge in [-0.15, -0.1) is 0 Å². The Balaban J connectivity index is 3.12. The average molecular weight is 339 g/mol. The summed E-state index contributed by atoms with van der Waals surface area (Å²) in [5.74, 6) is 0.670. The monoisotopic (exact) mass is 339 g/mol. The van der Waals surface area contributed by atoms with Gasteiger partial charge in [0.2, 0.25) is 0 Å². The summed E-state index contributed by atoms with van der Waals surface area (Å²) >= 11 is 2.43. The van der Waals surface area contributed by atoms with Crippen molar-refractivity contribution in [3.8, 4) is 0 Å². The van der Waals surface area contributed by atoms with E-state index >= 15 is 0 Å². The Morgan fingerprint density at radius 3 is 2.70 bits per heavy atom. The van der Waals surface area contributed by atoms with Gasteiger partial charge < -0.3 is 5.32 Å². The molecule has 0 unspecified atom stereocenters. The summed E-state index contributed by atoms with van der Waals surface area (Å²) in [6, 6.07) is 1.12. The molecule has 10 heteroatoms. The van der Waals surface area contributed by atoms with Crippen LogP contribution in [0, 0.1) is 10.1 Å². The van der Waals surface area contributed by atoms with Crippen molar-refractivity contribution in [3.05, 3.63) is 16.2 Å². The zero-order valence-corrected chi connectivity index (χ0v) is 13.9. The smallest absolute Gasteiger partial charge is 0.304 e. The van der Waals surface area contributed by atoms with E-state index in [1.54, 1.807) is 6.92 Å². The van der Waals surface area contributed by atoms with Crippen LogP contribution in [0.3, 0.4) is 0 Å². The number of hydrogen-bond acceptors (Lipinski definition) is 7. The van der Waals surface area contributed by atoms with E-state index in [4.69, 9.17) is 0 Å². The summed E-state index contributed by atoms with van der Waals surface area (Å²) in [4.78, 5) is 10.4. The molecule has 0 spiro atoms. The van der Waals surface area contributed by atoms with Crippen molar-refractivity contribution in [3.63, 3.8) is 0 Å². The lowest BCUT2D eigenvalue weighted by atomic mass is 10.5. The number of anilines is 1. The number of nitrogens with one attached hydrogen (secondary N) is 1. The molecule has 0 aliphatic rings. The molecule has 0 fully saturated rings. The van der Waals surface area contributed by atoms with E-state index in [9.17, 15) is 18.5 Å². The zero-order valence-electron chi connectivity index (χ0n) is 11.5. The van der Waals surface area contributed by atoms with Gasteiger partial charge in [0.1, 0.15) is 4.21 Å². The highest BCUT2D eigenvalue weighted by atomic mass is 32.2. The van der Waals surface area contributed by atoms with Gasteiger partial charge in [0.05, 0.1) is 4.92 Å². The molecule has 0 saturated heterocycles. The molecule has 0 saturated carbocycles. The number of hydrogen-bond donors (Lipinski definition) is 1. The molecule has 0 aliphatic carbocycles. The summed E-state index contributed by atoms with van der Waals surface area (Å²) < 4.78 is 25.8. The number of thiophene rings is 1. The SMILES string of the molecule is CCNc1sc(S(=O)(=O)N(C)CCSC)cc1[N+](=O)[O-]. The highest BCUT2D eigenvalue weighted by Crippen LogP contribution is 2.37. The fourth-order valence-electron chi connectivity index (χ4n) is 1.40. The summed E-state index contributed by atoms with van der Waals surface area (Å²) in [5.41, 5.74) is -0.200. The van der Waals surface area contributed by atoms with Gasteiger partial charge in [0.15, 0.2) is 5.00 Å². The average Bonchev–Trinajstić information content (AvgIpc) is 2.81. The van der Waals surface area contributed by atoms with Crippen LogP contribution in [0.25, 0.3) is 0 Å². The van der Waals surface area contributed by atoms with Gasteiger partial charge in [-0.05, 0) is 13.2 Å². The van der Waals surface area contributed by atoms with Crippen LogP contribution in [0.15, 0.2) is 10.3 Å². The lowest BCUT2D eigenvalue weighted by molar-refractivity contribution is -0.383. The lowest BCUT2D eigenvalue weighted by Crippen LogP contribution is -2.28. The van der Waals surface area contributed by atoms with Crippen molar-refractivity contribution in [2.24, 2.45) is 0 Å². The number of nitrogens with zero attached hydrogens (tertiary/aromatic N) is 2. The summed E-state index contributed by atoms with van der Waals surface area (Å²) in [6.07, 6.45) is 1.89. The van der Waals surface area contributed by atoms with Gasteiger partial charge in [0, 0.05) is 32.0 Å². The van der Waals surface area contributed by atoms with Crippen LogP contribution in [0.4, 0.5) is 10.7 Å². The van der Waals surface area contributed by atoms with Crippen molar-refractivity contribution in [2.45, 2.75) is 11.1 Å². The van der Waals surface area contributed by atoms with E-state index in [1.165, 1.54) is 23.1 Å². The third-order valence-electron chi connectivity index (χ3n) is 2.50. The Morgan fingerprint density at radius 2 is 2.20 bits per heavy atom. The van der Waals surface area contributed by atoms with Gasteiger partial charge >= 0.3 is 5.69 Å². The molecule has 0 atom stereocenters. The zero-order chi connectivity index (χ0) is 15.3. The molecule has 0 amide bonds. The van der Waals surface area contributed by atoms with Crippen molar-refractivity contribution >= 4 is 43.8 Å². The maximum atomic E-state index is 12.3. The Labute approximate surface area is 126 Å². The molecule has 1 rings (SSSR count). The first-order valence-corrected chi connectivity index (χ1v) is 9.47. The first kappa shape index (κ1) is 17.2. The van der Waals surface area contributed by atoms with E-state index in [-0.39, 0.29) is 14.9 Å². The molecule has 1 N–H and O–H groups in total. The van der Waals surface area contributed by atoms with Crippen molar-refractivity contribution in [2.75, 3.05) is 37.5 Å². The number of nitro groups is 1. The van der Waals surface area contributed by atoms with Crippen LogP contribution in [0.5, 0.6) is 0 Å². The first-order valence-electron chi connectivity index (χ1n) is 5.82. The second-order valence-electron chi connectivity index (χ2n) is 3.89. The van der Waals surface area contributed by atoms with E-state index in [0.29, 0.717) is 18.8 Å². The van der Waals surface area contributed by atoms with Gasteiger partial charge in [0.25, 0.3) is 10.0 Å². The first-order chi connectivity index (χ1) is 9.34. The molecule has 20 heavy (non-hydrogen) atoms. The van der Waals surface area contributed by atoms with Crippen LogP contribution in [-0.2, 0) is 10.0 Å². The Kier molecular flexibility index (Phi) is 6.24. The molecule has 1 aromatic heterocycles. The normalized spacial score (nSPS) is 11.8. The van der Waals surface area contributed by atoms with Crippen LogP contribution in [0.1, 0.15) is 6.92 Å². The number of thioether (sulfide) groups is 1. The number of rotatable bonds is 8. The van der Waals surface area contributed by atoms with Crippen LogP contribution < -0.4 is 5.32 Å². The highest BCUT2D eigenvalue weighted by Gasteiger charge is 2.28. The van der Waals surface area contributed by atoms with Crippen molar-refractivity contribution < 1.29 is 13.3 Å². The molecule has 0 aromatic carbocycles. The molecule has 1 heterocycles. The lowest BCUT2D eigenvalue weighted by Gasteiger charge is -2.14. The molecule has 114 valence electrons. The number of sulfonamides is 1. The maximum absolute atomic E-state index is 12.3. The highest BCUT2D eigenvalue weighted by molar-refractivity contribution is 7.98. The van der Waals surface area contributed by atoms with Gasteiger partial charge in [-0.1, -0.05) is 11.3 Å². The topological polar surface area (TPSA) is 92.6 Å². The minimum atomic E-state index is -3.67. The van der Waals surface area contributed by atoms with E-state index in [1.807, 2.05) is 6.26 Å². The molecule has 0 aliphatic heterocycles. The molecular formula is C10H17N3O4S3. The largest absolute Gasteiger partial charge is 0.372 e. The molecule has 0 bridgehead atoms. The predicted octanol–water partition coefficient (Wildman–Crippen LogP) is 2.07. The van der Waals surface area contributed by atoms with Crippen molar-refractivity contribution in [1.82, 2.24) is 4.31 Å². The Hall–Kier alpha value is -0.840. The quantitative estimate of drug-likeness (QED) is 0.576. The summed E-state index contributed by atoms with van der Waals surface area (Å²) in [5, 5.41) is 14.0. The molecule has 1 aromatic rings. The summed E-state index contributed by atoms with van der Waals surface area (Å²) in [7, 11) is -2.19. The maximum Gasteiger partial charge on any atom is 0.304 e. The van der Waals surface area contributed by atoms with Crippen molar-refractivity contribution in [1.29, 1.82) is 0 Å². The molecule has 7 nitrogen and oxygen atoms in total. The van der Waals surface area contributed by atoms with Crippen LogP contribution in [0.2, 0.25) is 0 Å².